The van der Waals surface area contributed by atoms with E-state index >= 15 is 0 Å². The number of benzene rings is 2. The number of rotatable bonds is 7. The summed E-state index contributed by atoms with van der Waals surface area (Å²) in [4.78, 5) is 15.6. The van der Waals surface area contributed by atoms with Crippen LogP contribution in [0.2, 0.25) is 0 Å². The molecule has 0 bridgehead atoms. The molecule has 142 valence electrons. The van der Waals surface area contributed by atoms with E-state index in [1.807, 2.05) is 53.6 Å². The van der Waals surface area contributed by atoms with E-state index in [1.165, 1.54) is 0 Å². The van der Waals surface area contributed by atoms with E-state index in [-0.39, 0.29) is 18.0 Å². The first-order valence-electron chi connectivity index (χ1n) is 9.63. The molecule has 0 radical (unpaired) electrons. The third-order valence-corrected chi connectivity index (χ3v) is 5.37. The van der Waals surface area contributed by atoms with Gasteiger partial charge in [-0.25, -0.2) is 5.01 Å². The first-order valence-corrected chi connectivity index (χ1v) is 9.63. The zero-order valence-electron chi connectivity index (χ0n) is 15.9. The van der Waals surface area contributed by atoms with Crippen molar-refractivity contribution in [2.24, 2.45) is 0 Å². The number of hydrogen-bond acceptors (Lipinski definition) is 3. The van der Waals surface area contributed by atoms with Gasteiger partial charge >= 0.3 is 0 Å². The highest BCUT2D eigenvalue weighted by molar-refractivity contribution is 5.89. The molecule has 2 aromatic rings. The van der Waals surface area contributed by atoms with Gasteiger partial charge in [0.1, 0.15) is 12.1 Å². The van der Waals surface area contributed by atoms with Gasteiger partial charge in [-0.2, -0.15) is 0 Å². The second kappa shape index (κ2) is 7.87. The minimum absolute atomic E-state index is 0.0949. The second-order valence-corrected chi connectivity index (χ2v) is 7.05. The van der Waals surface area contributed by atoms with Crippen molar-refractivity contribution >= 4 is 11.6 Å². The van der Waals surface area contributed by atoms with Crippen LogP contribution in [0.25, 0.3) is 5.70 Å². The van der Waals surface area contributed by atoms with Crippen molar-refractivity contribution in [3.63, 3.8) is 0 Å². The maximum Gasteiger partial charge on any atom is 0.261 e. The van der Waals surface area contributed by atoms with Gasteiger partial charge in [0, 0.05) is 13.1 Å². The smallest absolute Gasteiger partial charge is 0.261 e. The number of hydrogen-bond donors (Lipinski definition) is 0. The fourth-order valence-electron chi connectivity index (χ4n) is 4.22. The molecule has 0 unspecified atom stereocenters. The van der Waals surface area contributed by atoms with Crippen LogP contribution in [0.5, 0.6) is 0 Å². The van der Waals surface area contributed by atoms with Crippen molar-refractivity contribution in [1.29, 1.82) is 0 Å². The predicted molar refractivity (Wildman–Crippen MR) is 113 cm³/mol. The Hall–Kier alpha value is -3.11. The topological polar surface area (TPSA) is 26.8 Å². The Balaban J connectivity index is 1.80. The monoisotopic (exact) mass is 371 g/mol. The average Bonchev–Trinajstić information content (AvgIpc) is 3.28. The summed E-state index contributed by atoms with van der Waals surface area (Å²) in [6, 6.07) is 20.2. The highest BCUT2D eigenvalue weighted by Gasteiger charge is 2.52. The van der Waals surface area contributed by atoms with Crippen LogP contribution in [-0.2, 0) is 4.79 Å². The normalized spacial score (nSPS) is 21.0. The number of hydrazine groups is 1. The summed E-state index contributed by atoms with van der Waals surface area (Å²) < 4.78 is 0. The molecular formula is C24H25N3O. The van der Waals surface area contributed by atoms with Gasteiger partial charge in [-0.3, -0.25) is 14.7 Å². The summed E-state index contributed by atoms with van der Waals surface area (Å²) >= 11 is 0. The Bertz CT molecular complexity index is 881. The summed E-state index contributed by atoms with van der Waals surface area (Å²) in [6.07, 6.45) is 5.85. The standard InChI is InChI=1S/C24H25N3O/c1-3-16-25(17-4-2)23-22(20-13-9-6-10-14-20)27-21(15-18-26(27)24(23)28)19-11-7-5-8-12-19/h3-15,22-23H,1-2,16-18H2/t22-,23-/m0/s1. The summed E-state index contributed by atoms with van der Waals surface area (Å²) in [5.74, 6) is 0.125. The van der Waals surface area contributed by atoms with Crippen molar-refractivity contribution in [2.75, 3.05) is 19.6 Å². The first kappa shape index (κ1) is 18.3. The van der Waals surface area contributed by atoms with Gasteiger partial charge in [-0.15, -0.1) is 13.2 Å². The van der Waals surface area contributed by atoms with Gasteiger partial charge in [0.15, 0.2) is 0 Å². The van der Waals surface area contributed by atoms with Crippen LogP contribution in [0.3, 0.4) is 0 Å². The average molecular weight is 371 g/mol. The zero-order valence-corrected chi connectivity index (χ0v) is 15.9. The number of nitrogens with zero attached hydrogens (tertiary/aromatic N) is 3. The van der Waals surface area contributed by atoms with Gasteiger partial charge in [-0.1, -0.05) is 72.8 Å². The molecule has 28 heavy (non-hydrogen) atoms. The molecule has 2 heterocycles. The van der Waals surface area contributed by atoms with Crippen molar-refractivity contribution in [2.45, 2.75) is 12.1 Å². The second-order valence-electron chi connectivity index (χ2n) is 7.05. The molecular weight excluding hydrogens is 346 g/mol. The number of carbonyl (C=O) groups is 1. The molecule has 1 saturated heterocycles. The Morgan fingerprint density at radius 1 is 0.964 bits per heavy atom. The van der Waals surface area contributed by atoms with Crippen LogP contribution in [0, 0.1) is 0 Å². The Morgan fingerprint density at radius 3 is 2.18 bits per heavy atom. The summed E-state index contributed by atoms with van der Waals surface area (Å²) in [6.45, 7) is 9.64. The fraction of sp³-hybridized carbons (Fsp3) is 0.208. The van der Waals surface area contributed by atoms with E-state index in [2.05, 4.69) is 53.4 Å². The maximum absolute atomic E-state index is 13.5. The van der Waals surface area contributed by atoms with Crippen molar-refractivity contribution in [3.05, 3.63) is 103 Å². The lowest BCUT2D eigenvalue weighted by Gasteiger charge is -2.34. The van der Waals surface area contributed by atoms with E-state index in [4.69, 9.17) is 0 Å². The highest BCUT2D eigenvalue weighted by Crippen LogP contribution is 2.44. The SMILES string of the molecule is C=CCN(CC=C)[C@@H]1C(=O)N2CC=C(c3ccccc3)N2[C@H]1c1ccccc1. The third-order valence-electron chi connectivity index (χ3n) is 5.37. The lowest BCUT2D eigenvalue weighted by atomic mass is 9.97. The fourth-order valence-corrected chi connectivity index (χ4v) is 4.22. The molecule has 4 rings (SSSR count). The Labute approximate surface area is 166 Å². The minimum atomic E-state index is -0.286. The van der Waals surface area contributed by atoms with E-state index in [1.54, 1.807) is 0 Å². The van der Waals surface area contributed by atoms with E-state index in [9.17, 15) is 4.79 Å². The molecule has 2 atom stereocenters. The molecule has 0 aromatic heterocycles. The Morgan fingerprint density at radius 2 is 1.57 bits per heavy atom. The Kier molecular flexibility index (Phi) is 5.13. The number of carbonyl (C=O) groups excluding carboxylic acids is 1. The summed E-state index contributed by atoms with van der Waals surface area (Å²) in [5.41, 5.74) is 3.34. The van der Waals surface area contributed by atoms with Gasteiger partial charge in [-0.05, 0) is 17.2 Å². The minimum Gasteiger partial charge on any atom is -0.282 e. The van der Waals surface area contributed by atoms with Gasteiger partial charge < -0.3 is 0 Å². The van der Waals surface area contributed by atoms with Crippen LogP contribution < -0.4 is 0 Å². The molecule has 1 fully saturated rings. The van der Waals surface area contributed by atoms with E-state index in [0.717, 1.165) is 16.8 Å². The van der Waals surface area contributed by atoms with Crippen LogP contribution in [-0.4, -0.2) is 46.5 Å². The van der Waals surface area contributed by atoms with Crippen LogP contribution >= 0.6 is 0 Å². The largest absolute Gasteiger partial charge is 0.282 e. The molecule has 2 aliphatic heterocycles. The number of amides is 1. The third kappa shape index (κ3) is 3.06. The molecule has 4 nitrogen and oxygen atoms in total. The van der Waals surface area contributed by atoms with Crippen molar-refractivity contribution in [1.82, 2.24) is 14.9 Å². The lowest BCUT2D eigenvalue weighted by molar-refractivity contribution is -0.136. The maximum atomic E-state index is 13.5. The molecule has 0 N–H and O–H groups in total. The van der Waals surface area contributed by atoms with Crippen LogP contribution in [0.15, 0.2) is 92.0 Å². The summed E-state index contributed by atoms with van der Waals surface area (Å²) in [5, 5.41) is 4.06. The van der Waals surface area contributed by atoms with Gasteiger partial charge in [0.2, 0.25) is 0 Å². The van der Waals surface area contributed by atoms with Gasteiger partial charge in [0.05, 0.1) is 12.2 Å². The highest BCUT2D eigenvalue weighted by atomic mass is 16.2. The molecule has 1 amide bonds. The number of fused-ring (bicyclic) bond motifs is 1. The molecule has 4 heteroatoms. The van der Waals surface area contributed by atoms with Crippen LogP contribution in [0.4, 0.5) is 0 Å². The van der Waals surface area contributed by atoms with Crippen molar-refractivity contribution < 1.29 is 4.79 Å². The summed E-state index contributed by atoms with van der Waals surface area (Å²) in [7, 11) is 0. The molecule has 0 aliphatic carbocycles. The molecule has 2 aliphatic rings. The molecule has 0 saturated carbocycles. The first-order chi connectivity index (χ1) is 13.8. The van der Waals surface area contributed by atoms with Gasteiger partial charge in [0.25, 0.3) is 5.91 Å². The predicted octanol–water partition coefficient (Wildman–Crippen LogP) is 3.88. The molecule has 2 aromatic carbocycles. The lowest BCUT2D eigenvalue weighted by Crippen LogP contribution is -2.44. The molecule has 0 spiro atoms. The quantitative estimate of drug-likeness (QED) is 0.691. The van der Waals surface area contributed by atoms with Crippen LogP contribution in [0.1, 0.15) is 17.2 Å². The van der Waals surface area contributed by atoms with E-state index < -0.39 is 0 Å². The zero-order chi connectivity index (χ0) is 19.5. The van der Waals surface area contributed by atoms with Crippen molar-refractivity contribution in [3.8, 4) is 0 Å². The van der Waals surface area contributed by atoms with E-state index in [0.29, 0.717) is 19.6 Å².